The molecule has 4 nitrogen and oxygen atoms in total. The molecule has 2 heterocycles. The molecule has 5 heteroatoms. The molecular formula is C14H16N2O2S. The van der Waals surface area contributed by atoms with Crippen LogP contribution in [0.15, 0.2) is 35.8 Å². The molecular weight excluding hydrogens is 260 g/mol. The Morgan fingerprint density at radius 3 is 3.00 bits per heavy atom. The molecule has 0 aliphatic heterocycles. The second-order valence-electron chi connectivity index (χ2n) is 4.42. The molecule has 0 fully saturated rings. The molecule has 0 aliphatic carbocycles. The third-order valence-corrected chi connectivity index (χ3v) is 3.75. The summed E-state index contributed by atoms with van der Waals surface area (Å²) in [6.07, 6.45) is 2.57. The van der Waals surface area contributed by atoms with Crippen molar-refractivity contribution in [2.24, 2.45) is 0 Å². The van der Waals surface area contributed by atoms with Crippen molar-refractivity contribution in [1.82, 2.24) is 9.88 Å². The van der Waals surface area contributed by atoms with Gasteiger partial charge in [-0.25, -0.2) is 9.78 Å². The van der Waals surface area contributed by atoms with E-state index in [2.05, 4.69) is 27.4 Å². The fourth-order valence-electron chi connectivity index (χ4n) is 1.84. The van der Waals surface area contributed by atoms with Crippen molar-refractivity contribution in [3.05, 3.63) is 52.0 Å². The number of carboxylic acids is 1. The van der Waals surface area contributed by atoms with E-state index in [4.69, 9.17) is 5.11 Å². The van der Waals surface area contributed by atoms with Gasteiger partial charge in [-0.2, -0.15) is 0 Å². The lowest BCUT2D eigenvalue weighted by molar-refractivity contribution is 0.0690. The minimum atomic E-state index is -0.983. The van der Waals surface area contributed by atoms with Gasteiger partial charge in [-0.05, 0) is 42.6 Å². The van der Waals surface area contributed by atoms with Gasteiger partial charge >= 0.3 is 5.97 Å². The van der Waals surface area contributed by atoms with Crippen molar-refractivity contribution >= 4 is 17.3 Å². The Labute approximate surface area is 116 Å². The largest absolute Gasteiger partial charge is 0.477 e. The van der Waals surface area contributed by atoms with Gasteiger partial charge in [0.2, 0.25) is 0 Å². The fraction of sp³-hybridized carbons (Fsp3) is 0.286. The number of nitrogens with zero attached hydrogens (tertiary/aromatic N) is 2. The molecule has 0 aliphatic rings. The van der Waals surface area contributed by atoms with Crippen LogP contribution in [-0.4, -0.2) is 34.6 Å². The summed E-state index contributed by atoms with van der Waals surface area (Å²) < 4.78 is 0. The summed E-state index contributed by atoms with van der Waals surface area (Å²) in [5, 5.41) is 11.0. The topological polar surface area (TPSA) is 53.4 Å². The van der Waals surface area contributed by atoms with E-state index >= 15 is 0 Å². The molecule has 0 atom stereocenters. The number of pyridine rings is 1. The van der Waals surface area contributed by atoms with Crippen LogP contribution in [0, 0.1) is 0 Å². The molecule has 0 saturated heterocycles. The minimum Gasteiger partial charge on any atom is -0.477 e. The van der Waals surface area contributed by atoms with Crippen molar-refractivity contribution < 1.29 is 9.90 Å². The lowest BCUT2D eigenvalue weighted by Crippen LogP contribution is -2.20. The summed E-state index contributed by atoms with van der Waals surface area (Å²) in [6.45, 7) is 1.68. The monoisotopic (exact) mass is 276 g/mol. The van der Waals surface area contributed by atoms with Gasteiger partial charge in [0.25, 0.3) is 0 Å². The van der Waals surface area contributed by atoms with E-state index in [1.807, 2.05) is 13.1 Å². The van der Waals surface area contributed by atoms with Crippen LogP contribution in [0.4, 0.5) is 0 Å². The lowest BCUT2D eigenvalue weighted by Gasteiger charge is -2.16. The van der Waals surface area contributed by atoms with Crippen LogP contribution >= 0.6 is 11.3 Å². The summed E-state index contributed by atoms with van der Waals surface area (Å²) in [6, 6.07) is 7.67. The maximum atomic E-state index is 10.8. The molecule has 0 bridgehead atoms. The van der Waals surface area contributed by atoms with E-state index < -0.39 is 5.97 Å². The lowest BCUT2D eigenvalue weighted by atomic mass is 10.2. The Kier molecular flexibility index (Phi) is 4.65. The van der Waals surface area contributed by atoms with Gasteiger partial charge in [-0.15, -0.1) is 11.3 Å². The Morgan fingerprint density at radius 2 is 2.32 bits per heavy atom. The predicted octanol–water partition coefficient (Wildman–Crippen LogP) is 2.52. The molecule has 1 N–H and O–H groups in total. The molecule has 0 amide bonds. The molecule has 2 aromatic rings. The zero-order chi connectivity index (χ0) is 13.7. The Bertz CT molecular complexity index is 540. The van der Waals surface area contributed by atoms with Crippen molar-refractivity contribution in [2.75, 3.05) is 13.6 Å². The first kappa shape index (κ1) is 13.7. The number of thiophene rings is 1. The first-order valence-corrected chi connectivity index (χ1v) is 6.92. The second kappa shape index (κ2) is 6.45. The van der Waals surface area contributed by atoms with Crippen LogP contribution in [0.3, 0.4) is 0 Å². The Balaban J connectivity index is 1.89. The standard InChI is InChI=1S/C14H16N2O2S/c1-16(7-5-12-3-2-8-19-12)10-11-4-6-15-13(9-11)14(17)18/h2-4,6,8-9H,5,7,10H2,1H3,(H,17,18). The van der Waals surface area contributed by atoms with E-state index in [-0.39, 0.29) is 5.69 Å². The van der Waals surface area contributed by atoms with Crippen LogP contribution in [0.25, 0.3) is 0 Å². The second-order valence-corrected chi connectivity index (χ2v) is 5.45. The van der Waals surface area contributed by atoms with Gasteiger partial charge in [-0.3, -0.25) is 0 Å². The number of hydrogen-bond donors (Lipinski definition) is 1. The summed E-state index contributed by atoms with van der Waals surface area (Å²) >= 11 is 1.76. The van der Waals surface area contributed by atoms with Crippen molar-refractivity contribution in [3.8, 4) is 0 Å². The van der Waals surface area contributed by atoms with Crippen molar-refractivity contribution in [1.29, 1.82) is 0 Å². The molecule has 0 radical (unpaired) electrons. The number of hydrogen-bond acceptors (Lipinski definition) is 4. The fourth-order valence-corrected chi connectivity index (χ4v) is 2.53. The van der Waals surface area contributed by atoms with E-state index in [0.29, 0.717) is 0 Å². The third-order valence-electron chi connectivity index (χ3n) is 2.82. The molecule has 0 saturated carbocycles. The van der Waals surface area contributed by atoms with Gasteiger partial charge in [-0.1, -0.05) is 6.07 Å². The van der Waals surface area contributed by atoms with Gasteiger partial charge < -0.3 is 10.0 Å². The Morgan fingerprint density at radius 1 is 1.47 bits per heavy atom. The summed E-state index contributed by atoms with van der Waals surface area (Å²) in [5.74, 6) is -0.983. The van der Waals surface area contributed by atoms with E-state index in [0.717, 1.165) is 25.1 Å². The first-order chi connectivity index (χ1) is 9.15. The minimum absolute atomic E-state index is 0.101. The first-order valence-electron chi connectivity index (χ1n) is 6.04. The van der Waals surface area contributed by atoms with Gasteiger partial charge in [0.15, 0.2) is 0 Å². The highest BCUT2D eigenvalue weighted by Gasteiger charge is 2.07. The molecule has 100 valence electrons. The van der Waals surface area contributed by atoms with E-state index in [1.54, 1.807) is 23.6 Å². The quantitative estimate of drug-likeness (QED) is 0.881. The summed E-state index contributed by atoms with van der Waals surface area (Å²) in [5.41, 5.74) is 1.07. The molecule has 0 aromatic carbocycles. The maximum Gasteiger partial charge on any atom is 0.354 e. The highest BCUT2D eigenvalue weighted by Crippen LogP contribution is 2.11. The third kappa shape index (κ3) is 4.15. The number of rotatable bonds is 6. The average Bonchev–Trinajstić information content (AvgIpc) is 2.90. The Hall–Kier alpha value is -1.72. The van der Waals surface area contributed by atoms with Crippen molar-refractivity contribution in [3.63, 3.8) is 0 Å². The SMILES string of the molecule is CN(CCc1cccs1)Cc1ccnc(C(=O)O)c1. The van der Waals surface area contributed by atoms with Gasteiger partial charge in [0.05, 0.1) is 0 Å². The molecule has 2 rings (SSSR count). The van der Waals surface area contributed by atoms with Gasteiger partial charge in [0.1, 0.15) is 5.69 Å². The van der Waals surface area contributed by atoms with Crippen LogP contribution in [0.2, 0.25) is 0 Å². The summed E-state index contributed by atoms with van der Waals surface area (Å²) in [4.78, 5) is 18.2. The molecule has 0 unspecified atom stereocenters. The number of carbonyl (C=O) groups is 1. The van der Waals surface area contributed by atoms with Crippen LogP contribution in [0.5, 0.6) is 0 Å². The molecule has 0 spiro atoms. The van der Waals surface area contributed by atoms with Crippen molar-refractivity contribution in [2.45, 2.75) is 13.0 Å². The van der Waals surface area contributed by atoms with E-state index in [9.17, 15) is 4.79 Å². The number of aromatic carboxylic acids is 1. The van der Waals surface area contributed by atoms with Crippen LogP contribution in [-0.2, 0) is 13.0 Å². The van der Waals surface area contributed by atoms with E-state index in [1.165, 1.54) is 4.88 Å². The maximum absolute atomic E-state index is 10.8. The number of carboxylic acid groups (broad SMARTS) is 1. The summed E-state index contributed by atoms with van der Waals surface area (Å²) in [7, 11) is 2.04. The number of likely N-dealkylation sites (N-methyl/N-ethyl adjacent to an activating group) is 1. The highest BCUT2D eigenvalue weighted by atomic mass is 32.1. The molecule has 19 heavy (non-hydrogen) atoms. The normalized spacial score (nSPS) is 10.8. The highest BCUT2D eigenvalue weighted by molar-refractivity contribution is 7.09. The zero-order valence-corrected chi connectivity index (χ0v) is 11.6. The molecule has 2 aromatic heterocycles. The zero-order valence-electron chi connectivity index (χ0n) is 10.7. The average molecular weight is 276 g/mol. The van der Waals surface area contributed by atoms with Gasteiger partial charge in [0, 0.05) is 24.2 Å². The van der Waals surface area contributed by atoms with Crippen LogP contribution < -0.4 is 0 Å². The predicted molar refractivity (Wildman–Crippen MR) is 75.6 cm³/mol. The van der Waals surface area contributed by atoms with Crippen LogP contribution in [0.1, 0.15) is 20.9 Å². The number of aromatic nitrogens is 1. The smallest absolute Gasteiger partial charge is 0.354 e.